The first-order valence-electron chi connectivity index (χ1n) is 11.4. The van der Waals surface area contributed by atoms with Gasteiger partial charge in [0.25, 0.3) is 11.5 Å². The van der Waals surface area contributed by atoms with Gasteiger partial charge in [0.1, 0.15) is 11.5 Å². The number of rotatable bonds is 6. The summed E-state index contributed by atoms with van der Waals surface area (Å²) in [5.41, 5.74) is 2.38. The fourth-order valence-corrected chi connectivity index (χ4v) is 4.09. The Labute approximate surface area is 204 Å². The summed E-state index contributed by atoms with van der Waals surface area (Å²) in [5.74, 6) is 0.541. The van der Waals surface area contributed by atoms with Crippen LogP contribution >= 0.6 is 0 Å². The maximum atomic E-state index is 13.4. The number of phenolic OH excluding ortho intramolecular Hbond substituents is 1. The summed E-state index contributed by atoms with van der Waals surface area (Å²) >= 11 is 0. The second-order valence-corrected chi connectivity index (χ2v) is 9.44. The van der Waals surface area contributed by atoms with Gasteiger partial charge in [-0.15, -0.1) is 0 Å². The van der Waals surface area contributed by atoms with E-state index in [4.69, 9.17) is 4.74 Å². The number of benzene rings is 3. The number of hydrogen-bond donors (Lipinski definition) is 2. The fourth-order valence-electron chi connectivity index (χ4n) is 4.09. The molecule has 3 aromatic carbocycles. The van der Waals surface area contributed by atoms with Gasteiger partial charge in [0.05, 0.1) is 30.0 Å². The summed E-state index contributed by atoms with van der Waals surface area (Å²) in [7, 11) is 1.62. The SMILES string of the molecule is COc1ccccc1CCn1cnc2cccc(NC(=O)c3ccc(O)c(C(C)(C)C)c3)c2c1=O. The molecule has 0 bridgehead atoms. The molecule has 0 saturated carbocycles. The zero-order chi connectivity index (χ0) is 25.2. The fraction of sp³-hybridized carbons (Fsp3) is 0.250. The predicted octanol–water partition coefficient (Wildman–Crippen LogP) is 4.90. The molecule has 35 heavy (non-hydrogen) atoms. The highest BCUT2D eigenvalue weighted by atomic mass is 16.5. The van der Waals surface area contributed by atoms with Gasteiger partial charge in [0.2, 0.25) is 0 Å². The van der Waals surface area contributed by atoms with Crippen molar-refractivity contribution in [3.63, 3.8) is 0 Å². The molecule has 1 heterocycles. The Morgan fingerprint density at radius 2 is 1.86 bits per heavy atom. The van der Waals surface area contributed by atoms with E-state index in [-0.39, 0.29) is 22.6 Å². The van der Waals surface area contributed by atoms with E-state index < -0.39 is 0 Å². The van der Waals surface area contributed by atoms with Gasteiger partial charge >= 0.3 is 0 Å². The molecule has 0 spiro atoms. The molecule has 1 amide bonds. The molecule has 1 aromatic heterocycles. The molecule has 0 unspecified atom stereocenters. The van der Waals surface area contributed by atoms with E-state index in [9.17, 15) is 14.7 Å². The number of anilines is 1. The topological polar surface area (TPSA) is 93.4 Å². The van der Waals surface area contributed by atoms with Crippen LogP contribution in [0.5, 0.6) is 11.5 Å². The van der Waals surface area contributed by atoms with E-state index in [0.717, 1.165) is 11.3 Å². The number of methoxy groups -OCH3 is 1. The molecule has 180 valence electrons. The van der Waals surface area contributed by atoms with Crippen molar-refractivity contribution in [3.05, 3.63) is 94.0 Å². The van der Waals surface area contributed by atoms with E-state index in [2.05, 4.69) is 10.3 Å². The Bertz CT molecular complexity index is 1450. The van der Waals surface area contributed by atoms with Crippen molar-refractivity contribution in [2.45, 2.75) is 39.2 Å². The van der Waals surface area contributed by atoms with Crippen LogP contribution in [-0.4, -0.2) is 27.7 Å². The maximum Gasteiger partial charge on any atom is 0.263 e. The van der Waals surface area contributed by atoms with Crippen LogP contribution < -0.4 is 15.6 Å². The van der Waals surface area contributed by atoms with Gasteiger partial charge in [0, 0.05) is 17.7 Å². The van der Waals surface area contributed by atoms with Crippen molar-refractivity contribution in [1.29, 1.82) is 0 Å². The molecule has 0 aliphatic rings. The molecular formula is C28H29N3O4. The minimum atomic E-state index is -0.369. The summed E-state index contributed by atoms with van der Waals surface area (Å²) < 4.78 is 6.95. The van der Waals surface area contributed by atoms with Crippen LogP contribution in [0.15, 0.2) is 71.8 Å². The number of para-hydroxylation sites is 1. The van der Waals surface area contributed by atoms with Crippen molar-refractivity contribution in [3.8, 4) is 11.5 Å². The molecule has 4 rings (SSSR count). The number of carbonyl (C=O) groups excluding carboxylic acids is 1. The molecule has 0 saturated heterocycles. The maximum absolute atomic E-state index is 13.4. The van der Waals surface area contributed by atoms with Crippen LogP contribution in [0.1, 0.15) is 42.3 Å². The minimum absolute atomic E-state index is 0.140. The van der Waals surface area contributed by atoms with Gasteiger partial charge in [0.15, 0.2) is 0 Å². The van der Waals surface area contributed by atoms with Crippen LogP contribution in [0.4, 0.5) is 5.69 Å². The lowest BCUT2D eigenvalue weighted by molar-refractivity contribution is 0.102. The monoisotopic (exact) mass is 471 g/mol. The molecule has 2 N–H and O–H groups in total. The Morgan fingerprint density at radius 3 is 2.60 bits per heavy atom. The lowest BCUT2D eigenvalue weighted by Crippen LogP contribution is -2.23. The lowest BCUT2D eigenvalue weighted by atomic mass is 9.85. The Balaban J connectivity index is 1.65. The number of aromatic nitrogens is 2. The number of aromatic hydroxyl groups is 1. The quantitative estimate of drug-likeness (QED) is 0.417. The Hall–Kier alpha value is -4.13. The number of nitrogens with one attached hydrogen (secondary N) is 1. The molecule has 0 radical (unpaired) electrons. The minimum Gasteiger partial charge on any atom is -0.508 e. The smallest absolute Gasteiger partial charge is 0.263 e. The van der Waals surface area contributed by atoms with E-state index in [1.807, 2.05) is 45.0 Å². The number of carbonyl (C=O) groups is 1. The van der Waals surface area contributed by atoms with E-state index in [1.54, 1.807) is 42.0 Å². The van der Waals surface area contributed by atoms with Crippen molar-refractivity contribution < 1.29 is 14.6 Å². The summed E-state index contributed by atoms with van der Waals surface area (Å²) in [6, 6.07) is 17.6. The van der Waals surface area contributed by atoms with Gasteiger partial charge in [-0.3, -0.25) is 14.2 Å². The van der Waals surface area contributed by atoms with Crippen LogP contribution in [0.3, 0.4) is 0 Å². The first-order chi connectivity index (χ1) is 16.7. The van der Waals surface area contributed by atoms with Crippen LogP contribution in [-0.2, 0) is 18.4 Å². The number of hydrogen-bond acceptors (Lipinski definition) is 5. The third kappa shape index (κ3) is 5.04. The van der Waals surface area contributed by atoms with Crippen molar-refractivity contribution >= 4 is 22.5 Å². The second-order valence-electron chi connectivity index (χ2n) is 9.44. The number of fused-ring (bicyclic) bond motifs is 1. The van der Waals surface area contributed by atoms with Gasteiger partial charge in [-0.05, 0) is 53.8 Å². The number of amides is 1. The molecule has 7 nitrogen and oxygen atoms in total. The molecular weight excluding hydrogens is 442 g/mol. The normalized spacial score (nSPS) is 11.4. The summed E-state index contributed by atoms with van der Waals surface area (Å²) in [6.45, 7) is 6.31. The van der Waals surface area contributed by atoms with Crippen LogP contribution in [0.2, 0.25) is 0 Å². The van der Waals surface area contributed by atoms with Crippen molar-refractivity contribution in [1.82, 2.24) is 9.55 Å². The molecule has 0 aliphatic carbocycles. The standard InChI is InChI=1S/C28H29N3O4/c1-28(2,3)20-16-19(12-13-23(20)32)26(33)30-22-10-7-9-21-25(22)27(34)31(17-29-21)15-14-18-8-5-6-11-24(18)35-4/h5-13,16-17,32H,14-15H2,1-4H3,(H,30,33). The first kappa shape index (κ1) is 24.0. The number of nitrogens with zero attached hydrogens (tertiary/aromatic N) is 2. The highest BCUT2D eigenvalue weighted by Gasteiger charge is 2.21. The average molecular weight is 472 g/mol. The third-order valence-corrected chi connectivity index (χ3v) is 5.98. The molecule has 0 fully saturated rings. The van der Waals surface area contributed by atoms with E-state index in [1.165, 1.54) is 12.4 Å². The lowest BCUT2D eigenvalue weighted by Gasteiger charge is -2.21. The summed E-state index contributed by atoms with van der Waals surface area (Å²) in [5, 5.41) is 13.4. The second kappa shape index (κ2) is 9.62. The first-order valence-corrected chi connectivity index (χ1v) is 11.4. The third-order valence-electron chi connectivity index (χ3n) is 5.98. The zero-order valence-corrected chi connectivity index (χ0v) is 20.3. The number of aryl methyl sites for hydroxylation is 2. The highest BCUT2D eigenvalue weighted by Crippen LogP contribution is 2.31. The summed E-state index contributed by atoms with van der Waals surface area (Å²) in [6.07, 6.45) is 2.12. The van der Waals surface area contributed by atoms with Crippen LogP contribution in [0.25, 0.3) is 10.9 Å². The van der Waals surface area contributed by atoms with Crippen LogP contribution in [0, 0.1) is 0 Å². The van der Waals surface area contributed by atoms with Gasteiger partial charge in [-0.1, -0.05) is 45.0 Å². The molecule has 7 heteroatoms. The molecule has 0 atom stereocenters. The van der Waals surface area contributed by atoms with E-state index >= 15 is 0 Å². The summed E-state index contributed by atoms with van der Waals surface area (Å²) in [4.78, 5) is 30.9. The highest BCUT2D eigenvalue weighted by molar-refractivity contribution is 6.08. The zero-order valence-electron chi connectivity index (χ0n) is 20.3. The van der Waals surface area contributed by atoms with E-state index in [0.29, 0.717) is 40.7 Å². The number of ether oxygens (including phenoxy) is 1. The van der Waals surface area contributed by atoms with Gasteiger partial charge in [-0.25, -0.2) is 4.98 Å². The Morgan fingerprint density at radius 1 is 1.09 bits per heavy atom. The number of phenols is 1. The van der Waals surface area contributed by atoms with Crippen molar-refractivity contribution in [2.75, 3.05) is 12.4 Å². The predicted molar refractivity (Wildman–Crippen MR) is 137 cm³/mol. The molecule has 4 aromatic rings. The van der Waals surface area contributed by atoms with Crippen molar-refractivity contribution in [2.24, 2.45) is 0 Å². The molecule has 0 aliphatic heterocycles. The van der Waals surface area contributed by atoms with Gasteiger partial charge < -0.3 is 15.2 Å². The average Bonchev–Trinajstić information content (AvgIpc) is 2.83. The Kier molecular flexibility index (Phi) is 6.60. The largest absolute Gasteiger partial charge is 0.508 e. The van der Waals surface area contributed by atoms with Gasteiger partial charge in [-0.2, -0.15) is 0 Å².